The summed E-state index contributed by atoms with van der Waals surface area (Å²) < 4.78 is 0. The zero-order valence-corrected chi connectivity index (χ0v) is 12.9. The van der Waals surface area contributed by atoms with Crippen LogP contribution in [0.4, 0.5) is 0 Å². The third-order valence-corrected chi connectivity index (χ3v) is 3.94. The highest BCUT2D eigenvalue weighted by Gasteiger charge is 2.28. The van der Waals surface area contributed by atoms with Gasteiger partial charge in [-0.2, -0.15) is 0 Å². The SMILES string of the molecule is CC(C)(C)N1CCN(C(=O)c2ccc(Cl)cc2O)CC1. The second-order valence-corrected chi connectivity index (χ2v) is 6.55. The van der Waals surface area contributed by atoms with Crippen molar-refractivity contribution in [1.29, 1.82) is 0 Å². The Labute approximate surface area is 124 Å². The van der Waals surface area contributed by atoms with E-state index in [0.717, 1.165) is 13.1 Å². The van der Waals surface area contributed by atoms with Crippen molar-refractivity contribution >= 4 is 17.5 Å². The molecule has 1 aromatic rings. The fourth-order valence-corrected chi connectivity index (χ4v) is 2.60. The fraction of sp³-hybridized carbons (Fsp3) is 0.533. The lowest BCUT2D eigenvalue weighted by molar-refractivity contribution is 0.0449. The van der Waals surface area contributed by atoms with Crippen LogP contribution in [0.2, 0.25) is 5.02 Å². The van der Waals surface area contributed by atoms with Crippen LogP contribution in [-0.2, 0) is 0 Å². The number of carbonyl (C=O) groups is 1. The Hall–Kier alpha value is -1.26. The molecule has 1 amide bonds. The smallest absolute Gasteiger partial charge is 0.257 e. The minimum absolute atomic E-state index is 0.0549. The second-order valence-electron chi connectivity index (χ2n) is 6.11. The first-order valence-electron chi connectivity index (χ1n) is 6.82. The van der Waals surface area contributed by atoms with Crippen molar-refractivity contribution in [1.82, 2.24) is 9.80 Å². The summed E-state index contributed by atoms with van der Waals surface area (Å²) >= 11 is 5.79. The number of hydrogen-bond donors (Lipinski definition) is 1. The molecule has 0 aromatic heterocycles. The third kappa shape index (κ3) is 3.25. The van der Waals surface area contributed by atoms with Gasteiger partial charge in [-0.15, -0.1) is 0 Å². The zero-order valence-electron chi connectivity index (χ0n) is 12.2. The monoisotopic (exact) mass is 296 g/mol. The molecule has 1 aliphatic heterocycles. The number of halogens is 1. The van der Waals surface area contributed by atoms with Crippen LogP contribution in [0.3, 0.4) is 0 Å². The number of rotatable bonds is 1. The maximum absolute atomic E-state index is 12.4. The van der Waals surface area contributed by atoms with Crippen molar-refractivity contribution in [2.75, 3.05) is 26.2 Å². The zero-order chi connectivity index (χ0) is 14.9. The molecule has 0 bridgehead atoms. The largest absolute Gasteiger partial charge is 0.507 e. The van der Waals surface area contributed by atoms with Gasteiger partial charge in [-0.25, -0.2) is 0 Å². The Morgan fingerprint density at radius 3 is 2.30 bits per heavy atom. The van der Waals surface area contributed by atoms with Crippen LogP contribution in [0.5, 0.6) is 5.75 Å². The first kappa shape index (κ1) is 15.1. The van der Waals surface area contributed by atoms with Crippen molar-refractivity contribution < 1.29 is 9.90 Å². The Morgan fingerprint density at radius 2 is 1.80 bits per heavy atom. The molecule has 1 heterocycles. The van der Waals surface area contributed by atoms with Gasteiger partial charge in [-0.1, -0.05) is 11.6 Å². The maximum atomic E-state index is 12.4. The predicted octanol–water partition coefficient (Wildman–Crippen LogP) is 2.60. The van der Waals surface area contributed by atoms with Gasteiger partial charge in [0, 0.05) is 36.7 Å². The van der Waals surface area contributed by atoms with E-state index in [2.05, 4.69) is 25.7 Å². The van der Waals surface area contributed by atoms with Gasteiger partial charge < -0.3 is 10.0 Å². The number of nitrogens with zero attached hydrogens (tertiary/aromatic N) is 2. The van der Waals surface area contributed by atoms with Gasteiger partial charge in [-0.3, -0.25) is 9.69 Å². The van der Waals surface area contributed by atoms with Crippen LogP contribution in [-0.4, -0.2) is 52.5 Å². The highest BCUT2D eigenvalue weighted by molar-refractivity contribution is 6.30. The van der Waals surface area contributed by atoms with Crippen LogP contribution < -0.4 is 0 Å². The summed E-state index contributed by atoms with van der Waals surface area (Å²) in [6, 6.07) is 4.61. The molecule has 0 unspecified atom stereocenters. The van der Waals surface area contributed by atoms with E-state index in [1.165, 1.54) is 6.07 Å². The topological polar surface area (TPSA) is 43.8 Å². The molecule has 2 rings (SSSR count). The van der Waals surface area contributed by atoms with Crippen LogP contribution in [0, 0.1) is 0 Å². The third-order valence-electron chi connectivity index (χ3n) is 3.71. The molecule has 20 heavy (non-hydrogen) atoms. The van der Waals surface area contributed by atoms with Gasteiger partial charge >= 0.3 is 0 Å². The van der Waals surface area contributed by atoms with Gasteiger partial charge in [0.2, 0.25) is 0 Å². The number of piperazine rings is 1. The molecule has 0 radical (unpaired) electrons. The fourth-order valence-electron chi connectivity index (χ4n) is 2.44. The quantitative estimate of drug-likeness (QED) is 0.866. The summed E-state index contributed by atoms with van der Waals surface area (Å²) in [4.78, 5) is 16.5. The average molecular weight is 297 g/mol. The van der Waals surface area contributed by atoms with E-state index >= 15 is 0 Å². The molecule has 0 saturated carbocycles. The Bertz CT molecular complexity index is 503. The van der Waals surface area contributed by atoms with Crippen LogP contribution in [0.15, 0.2) is 18.2 Å². The molecule has 110 valence electrons. The minimum atomic E-state index is -0.132. The van der Waals surface area contributed by atoms with E-state index in [1.807, 2.05) is 0 Å². The average Bonchev–Trinajstić information content (AvgIpc) is 2.37. The van der Waals surface area contributed by atoms with Crippen molar-refractivity contribution in [2.45, 2.75) is 26.3 Å². The van der Waals surface area contributed by atoms with E-state index in [-0.39, 0.29) is 17.2 Å². The van der Waals surface area contributed by atoms with Crippen molar-refractivity contribution in [2.24, 2.45) is 0 Å². The molecule has 1 aliphatic rings. The number of phenolic OH excluding ortho intramolecular Hbond substituents is 1. The minimum Gasteiger partial charge on any atom is -0.507 e. The summed E-state index contributed by atoms with van der Waals surface area (Å²) in [5.74, 6) is -0.187. The van der Waals surface area contributed by atoms with Crippen molar-refractivity contribution in [3.05, 3.63) is 28.8 Å². The number of aromatic hydroxyl groups is 1. The summed E-state index contributed by atoms with van der Waals surface area (Å²) in [7, 11) is 0. The summed E-state index contributed by atoms with van der Waals surface area (Å²) in [6.45, 7) is 9.59. The first-order chi connectivity index (χ1) is 9.29. The number of amides is 1. The lowest BCUT2D eigenvalue weighted by Crippen LogP contribution is -2.54. The van der Waals surface area contributed by atoms with Crippen molar-refractivity contribution in [3.8, 4) is 5.75 Å². The molecule has 1 fully saturated rings. The van der Waals surface area contributed by atoms with Crippen LogP contribution in [0.1, 0.15) is 31.1 Å². The number of hydrogen-bond acceptors (Lipinski definition) is 3. The molecular formula is C15H21ClN2O2. The summed E-state index contributed by atoms with van der Waals surface area (Å²) in [5.41, 5.74) is 0.441. The van der Waals surface area contributed by atoms with Gasteiger partial charge in [0.05, 0.1) is 5.56 Å². The molecule has 4 nitrogen and oxygen atoms in total. The second kappa shape index (κ2) is 5.62. The van der Waals surface area contributed by atoms with Gasteiger partial charge in [0.15, 0.2) is 0 Å². The molecule has 0 atom stereocenters. The highest BCUT2D eigenvalue weighted by Crippen LogP contribution is 2.24. The summed E-state index contributed by atoms with van der Waals surface area (Å²) in [6.07, 6.45) is 0. The van der Waals surface area contributed by atoms with E-state index in [1.54, 1.807) is 17.0 Å². The number of benzene rings is 1. The van der Waals surface area contributed by atoms with E-state index in [9.17, 15) is 9.90 Å². The Morgan fingerprint density at radius 1 is 1.20 bits per heavy atom. The van der Waals surface area contributed by atoms with Crippen LogP contribution >= 0.6 is 11.6 Å². The first-order valence-corrected chi connectivity index (χ1v) is 7.19. The van der Waals surface area contributed by atoms with Gasteiger partial charge in [-0.05, 0) is 39.0 Å². The van der Waals surface area contributed by atoms with Crippen LogP contribution in [0.25, 0.3) is 0 Å². The normalized spacial score (nSPS) is 17.3. The molecule has 0 aliphatic carbocycles. The summed E-state index contributed by atoms with van der Waals surface area (Å²) in [5, 5.41) is 10.3. The number of phenols is 1. The standard InChI is InChI=1S/C15H21ClN2O2/c1-15(2,3)18-8-6-17(7-9-18)14(20)12-5-4-11(16)10-13(12)19/h4-5,10,19H,6-9H2,1-3H3. The van der Waals surface area contributed by atoms with E-state index in [4.69, 9.17) is 11.6 Å². The maximum Gasteiger partial charge on any atom is 0.257 e. The molecule has 1 aromatic carbocycles. The van der Waals surface area contributed by atoms with Gasteiger partial charge in [0.25, 0.3) is 5.91 Å². The van der Waals surface area contributed by atoms with Gasteiger partial charge in [0.1, 0.15) is 5.75 Å². The molecule has 5 heteroatoms. The van der Waals surface area contributed by atoms with Crippen molar-refractivity contribution in [3.63, 3.8) is 0 Å². The lowest BCUT2D eigenvalue weighted by Gasteiger charge is -2.42. The highest BCUT2D eigenvalue weighted by atomic mass is 35.5. The Balaban J connectivity index is 2.05. The van der Waals surface area contributed by atoms with E-state index in [0.29, 0.717) is 23.7 Å². The predicted molar refractivity (Wildman–Crippen MR) is 80.3 cm³/mol. The molecule has 0 spiro atoms. The molecule has 1 saturated heterocycles. The number of carbonyl (C=O) groups excluding carboxylic acids is 1. The van der Waals surface area contributed by atoms with E-state index < -0.39 is 0 Å². The lowest BCUT2D eigenvalue weighted by atomic mass is 10.0. The molecular weight excluding hydrogens is 276 g/mol. The Kier molecular flexibility index (Phi) is 4.25. The molecule has 1 N–H and O–H groups in total.